The van der Waals surface area contributed by atoms with Crippen molar-refractivity contribution in [2.45, 2.75) is 0 Å². The van der Waals surface area contributed by atoms with Gasteiger partial charge >= 0.3 is 0 Å². The van der Waals surface area contributed by atoms with E-state index in [2.05, 4.69) is 5.16 Å². The third-order valence-electron chi connectivity index (χ3n) is 4.82. The number of halogens is 1. The first kappa shape index (κ1) is 16.3. The molecule has 5 rings (SSSR count). The first-order valence-electron chi connectivity index (χ1n) is 8.67. The van der Waals surface area contributed by atoms with Crippen LogP contribution in [-0.2, 0) is 0 Å². The maximum absolute atomic E-state index is 13.2. The minimum absolute atomic E-state index is 0.139. The molecule has 0 radical (unpaired) electrons. The number of rotatable bonds is 2. The molecule has 3 aromatic carbocycles. The molecule has 0 amide bonds. The van der Waals surface area contributed by atoms with E-state index in [1.165, 1.54) is 12.1 Å². The molecule has 1 aliphatic carbocycles. The Bertz CT molecular complexity index is 1260. The summed E-state index contributed by atoms with van der Waals surface area (Å²) in [5.74, 6) is -0.382. The second kappa shape index (κ2) is 6.09. The quantitative estimate of drug-likeness (QED) is 0.364. The van der Waals surface area contributed by atoms with E-state index in [0.29, 0.717) is 33.5 Å². The maximum Gasteiger partial charge on any atom is 0.197 e. The first-order valence-corrected chi connectivity index (χ1v) is 8.67. The molecule has 0 saturated carbocycles. The molecule has 0 bridgehead atoms. The van der Waals surface area contributed by atoms with Gasteiger partial charge in [-0.1, -0.05) is 35.5 Å². The molecule has 0 N–H and O–H groups in total. The van der Waals surface area contributed by atoms with Crippen molar-refractivity contribution in [3.63, 3.8) is 0 Å². The Morgan fingerprint density at radius 1 is 0.857 bits per heavy atom. The smallest absolute Gasteiger partial charge is 0.197 e. The van der Waals surface area contributed by atoms with Crippen LogP contribution in [0.25, 0.3) is 28.3 Å². The molecule has 0 unspecified atom stereocenters. The number of hydrogen-bond acceptors (Lipinski definition) is 4. The third-order valence-corrected chi connectivity index (χ3v) is 4.82. The standard InChI is InChI=1S/C23H12FNO3/c24-15-8-6-14(7-9-15)23-18-11-13(5-10-20(18)25-28-23)12-19-21(26)16-3-1-2-4-17(16)22(19)27/h1-12H. The Balaban J connectivity index is 1.60. The molecule has 4 nitrogen and oxygen atoms in total. The lowest BCUT2D eigenvalue weighted by molar-refractivity contribution is 0.0990. The van der Waals surface area contributed by atoms with E-state index in [1.54, 1.807) is 60.7 Å². The molecule has 0 saturated heterocycles. The third kappa shape index (κ3) is 2.48. The minimum atomic E-state index is -0.337. The van der Waals surface area contributed by atoms with Crippen molar-refractivity contribution >= 4 is 28.5 Å². The maximum atomic E-state index is 13.2. The lowest BCUT2D eigenvalue weighted by Gasteiger charge is -1.99. The van der Waals surface area contributed by atoms with Gasteiger partial charge in [-0.15, -0.1) is 0 Å². The van der Waals surface area contributed by atoms with Gasteiger partial charge in [-0.05, 0) is 48.0 Å². The van der Waals surface area contributed by atoms with E-state index in [0.717, 1.165) is 5.39 Å². The van der Waals surface area contributed by atoms with Crippen molar-refractivity contribution in [3.05, 3.63) is 94.8 Å². The molecule has 0 atom stereocenters. The van der Waals surface area contributed by atoms with Gasteiger partial charge in [-0.25, -0.2) is 4.39 Å². The van der Waals surface area contributed by atoms with E-state index >= 15 is 0 Å². The average Bonchev–Trinajstić information content (AvgIpc) is 3.24. The van der Waals surface area contributed by atoms with Crippen LogP contribution >= 0.6 is 0 Å². The number of benzene rings is 3. The van der Waals surface area contributed by atoms with Crippen LogP contribution in [0.2, 0.25) is 0 Å². The molecular formula is C23H12FNO3. The fraction of sp³-hybridized carbons (Fsp3) is 0. The summed E-state index contributed by atoms with van der Waals surface area (Å²) < 4.78 is 18.6. The van der Waals surface area contributed by atoms with Gasteiger partial charge in [0.1, 0.15) is 11.3 Å². The van der Waals surface area contributed by atoms with Crippen molar-refractivity contribution in [1.82, 2.24) is 5.16 Å². The lowest BCUT2D eigenvalue weighted by Crippen LogP contribution is -2.00. The monoisotopic (exact) mass is 369 g/mol. The second-order valence-electron chi connectivity index (χ2n) is 6.56. The highest BCUT2D eigenvalue weighted by molar-refractivity contribution is 6.41. The van der Waals surface area contributed by atoms with Crippen molar-refractivity contribution in [2.75, 3.05) is 0 Å². The Labute approximate surface area is 158 Å². The van der Waals surface area contributed by atoms with Gasteiger partial charge < -0.3 is 4.52 Å². The van der Waals surface area contributed by atoms with Crippen LogP contribution in [0.5, 0.6) is 0 Å². The molecule has 1 aromatic heterocycles. The zero-order valence-electron chi connectivity index (χ0n) is 14.5. The van der Waals surface area contributed by atoms with Gasteiger partial charge in [0.15, 0.2) is 17.3 Å². The van der Waals surface area contributed by atoms with Crippen LogP contribution in [0, 0.1) is 5.82 Å². The van der Waals surface area contributed by atoms with Gasteiger partial charge in [-0.2, -0.15) is 0 Å². The van der Waals surface area contributed by atoms with E-state index in [-0.39, 0.29) is 23.0 Å². The fourth-order valence-electron chi connectivity index (χ4n) is 3.43. The number of Topliss-reactive ketones (excluding diaryl/α,β-unsaturated/α-hetero) is 2. The topological polar surface area (TPSA) is 60.2 Å². The number of hydrogen-bond donors (Lipinski definition) is 0. The van der Waals surface area contributed by atoms with E-state index in [4.69, 9.17) is 4.52 Å². The predicted molar refractivity (Wildman–Crippen MR) is 102 cm³/mol. The van der Waals surface area contributed by atoms with Crippen molar-refractivity contribution in [1.29, 1.82) is 0 Å². The minimum Gasteiger partial charge on any atom is -0.355 e. The molecule has 134 valence electrons. The summed E-state index contributed by atoms with van der Waals surface area (Å²) in [7, 11) is 0. The molecule has 0 spiro atoms. The molecule has 0 aliphatic heterocycles. The van der Waals surface area contributed by atoms with Crippen LogP contribution in [-0.4, -0.2) is 16.7 Å². The summed E-state index contributed by atoms with van der Waals surface area (Å²) >= 11 is 0. The number of fused-ring (bicyclic) bond motifs is 2. The van der Waals surface area contributed by atoms with Gasteiger partial charge in [0.2, 0.25) is 0 Å². The number of aromatic nitrogens is 1. The summed E-state index contributed by atoms with van der Waals surface area (Å²) in [4.78, 5) is 25.2. The van der Waals surface area contributed by atoms with Crippen LogP contribution in [0.15, 0.2) is 76.8 Å². The van der Waals surface area contributed by atoms with Gasteiger partial charge in [-0.3, -0.25) is 9.59 Å². The second-order valence-corrected chi connectivity index (χ2v) is 6.56. The van der Waals surface area contributed by atoms with E-state index < -0.39 is 0 Å². The lowest BCUT2D eigenvalue weighted by atomic mass is 10.0. The molecule has 1 aliphatic rings. The highest BCUT2D eigenvalue weighted by Crippen LogP contribution is 2.32. The summed E-state index contributed by atoms with van der Waals surface area (Å²) in [6.07, 6.45) is 1.59. The summed E-state index contributed by atoms with van der Waals surface area (Å²) in [6.45, 7) is 0. The highest BCUT2D eigenvalue weighted by Gasteiger charge is 2.32. The Morgan fingerprint density at radius 3 is 2.21 bits per heavy atom. The number of carbonyl (C=O) groups excluding carboxylic acids is 2. The Kier molecular flexibility index (Phi) is 3.55. The zero-order chi connectivity index (χ0) is 19.3. The van der Waals surface area contributed by atoms with Gasteiger partial charge in [0, 0.05) is 16.7 Å². The zero-order valence-corrected chi connectivity index (χ0v) is 14.5. The van der Waals surface area contributed by atoms with E-state index in [1.807, 2.05) is 0 Å². The summed E-state index contributed by atoms with van der Waals surface area (Å²) in [6, 6.07) is 18.1. The van der Waals surface area contributed by atoms with Crippen molar-refractivity contribution in [3.8, 4) is 11.3 Å². The molecule has 0 fully saturated rings. The molecule has 5 heteroatoms. The Hall–Kier alpha value is -3.86. The number of allylic oxidation sites excluding steroid dienone is 1. The summed E-state index contributed by atoms with van der Waals surface area (Å²) in [5.41, 5.74) is 3.00. The van der Waals surface area contributed by atoms with Crippen LogP contribution < -0.4 is 0 Å². The van der Waals surface area contributed by atoms with Gasteiger partial charge in [0.25, 0.3) is 0 Å². The molecular weight excluding hydrogens is 357 g/mol. The van der Waals surface area contributed by atoms with E-state index in [9.17, 15) is 14.0 Å². The molecule has 28 heavy (non-hydrogen) atoms. The predicted octanol–water partition coefficient (Wildman–Crippen LogP) is 5.10. The van der Waals surface area contributed by atoms with Crippen LogP contribution in [0.3, 0.4) is 0 Å². The highest BCUT2D eigenvalue weighted by atomic mass is 19.1. The normalized spacial score (nSPS) is 13.2. The number of carbonyl (C=O) groups is 2. The largest absolute Gasteiger partial charge is 0.355 e. The number of ketones is 2. The Morgan fingerprint density at radius 2 is 1.54 bits per heavy atom. The average molecular weight is 369 g/mol. The first-order chi connectivity index (χ1) is 13.6. The molecule has 4 aromatic rings. The molecule has 1 heterocycles. The number of nitrogens with zero attached hydrogens (tertiary/aromatic N) is 1. The fourth-order valence-corrected chi connectivity index (χ4v) is 3.43. The van der Waals surface area contributed by atoms with Crippen molar-refractivity contribution < 1.29 is 18.5 Å². The summed E-state index contributed by atoms with van der Waals surface area (Å²) in [5, 5.41) is 4.75. The van der Waals surface area contributed by atoms with Crippen molar-refractivity contribution in [2.24, 2.45) is 0 Å². The van der Waals surface area contributed by atoms with Crippen LogP contribution in [0.4, 0.5) is 4.39 Å². The van der Waals surface area contributed by atoms with Gasteiger partial charge in [0.05, 0.1) is 11.0 Å². The SMILES string of the molecule is O=C1C(=Cc2ccc3noc(-c4ccc(F)cc4)c3c2)C(=O)c2ccccc21. The van der Waals surface area contributed by atoms with Crippen LogP contribution in [0.1, 0.15) is 26.3 Å².